The monoisotopic (exact) mass is 330 g/mol. The highest BCUT2D eigenvalue weighted by Gasteiger charge is 2.34. The van der Waals surface area contributed by atoms with Crippen LogP contribution in [0.1, 0.15) is 6.42 Å². The molecule has 2 amide bonds. The third-order valence-electron chi connectivity index (χ3n) is 3.95. The Balaban J connectivity index is 1.64. The summed E-state index contributed by atoms with van der Waals surface area (Å²) < 4.78 is 13.9. The lowest BCUT2D eigenvalue weighted by molar-refractivity contribution is 0.218. The third kappa shape index (κ3) is 3.76. The van der Waals surface area contributed by atoms with Crippen molar-refractivity contribution in [1.29, 1.82) is 0 Å². The second kappa shape index (κ2) is 7.20. The predicted octanol–water partition coefficient (Wildman–Crippen LogP) is 1.95. The van der Waals surface area contributed by atoms with Crippen LogP contribution in [0.4, 0.5) is 20.8 Å². The fourth-order valence-electron chi connectivity index (χ4n) is 2.80. The van der Waals surface area contributed by atoms with Crippen LogP contribution in [0.15, 0.2) is 42.7 Å². The summed E-state index contributed by atoms with van der Waals surface area (Å²) in [4.78, 5) is 19.7. The van der Waals surface area contributed by atoms with Crippen molar-refractivity contribution in [2.45, 2.75) is 18.6 Å². The molecule has 2 aromatic heterocycles. The standard InChI is InChI=1S/C16H19FN6O/c1-22(16(24)20-14-5-2-3-7-18-14)11-13-9-12(17)10-23(13)15-6-4-8-19-21-15/h2-8,12-13H,9-11H2,1H3,(H,18,20,24)/t12-,13-/m0/s1. The summed E-state index contributed by atoms with van der Waals surface area (Å²) in [6, 6.07) is 8.42. The van der Waals surface area contributed by atoms with Crippen LogP contribution in [-0.4, -0.2) is 58.5 Å². The Morgan fingerprint density at radius 1 is 1.38 bits per heavy atom. The topological polar surface area (TPSA) is 74.2 Å². The molecule has 1 N–H and O–H groups in total. The minimum atomic E-state index is -0.941. The molecule has 1 aliphatic heterocycles. The van der Waals surface area contributed by atoms with Gasteiger partial charge in [0.15, 0.2) is 5.82 Å². The van der Waals surface area contributed by atoms with E-state index in [1.807, 2.05) is 4.90 Å². The van der Waals surface area contributed by atoms with Crippen molar-refractivity contribution >= 4 is 17.7 Å². The molecule has 0 unspecified atom stereocenters. The molecule has 1 aliphatic rings. The smallest absolute Gasteiger partial charge is 0.322 e. The molecule has 0 aliphatic carbocycles. The Labute approximate surface area is 139 Å². The lowest BCUT2D eigenvalue weighted by Crippen LogP contribution is -2.43. The van der Waals surface area contributed by atoms with Crippen molar-refractivity contribution in [2.75, 3.05) is 30.4 Å². The van der Waals surface area contributed by atoms with Gasteiger partial charge in [-0.2, -0.15) is 5.10 Å². The molecule has 0 radical (unpaired) electrons. The van der Waals surface area contributed by atoms with Gasteiger partial charge in [-0.15, -0.1) is 5.10 Å². The Hall–Kier alpha value is -2.77. The second-order valence-electron chi connectivity index (χ2n) is 5.75. The maximum absolute atomic E-state index is 13.9. The number of aromatic nitrogens is 3. The lowest BCUT2D eigenvalue weighted by Gasteiger charge is -2.28. The Morgan fingerprint density at radius 2 is 2.25 bits per heavy atom. The van der Waals surface area contributed by atoms with Gasteiger partial charge in [0.2, 0.25) is 0 Å². The number of carbonyl (C=O) groups excluding carboxylic acids is 1. The van der Waals surface area contributed by atoms with Crippen LogP contribution in [0.25, 0.3) is 0 Å². The van der Waals surface area contributed by atoms with Crippen LogP contribution < -0.4 is 10.2 Å². The summed E-state index contributed by atoms with van der Waals surface area (Å²) in [5.41, 5.74) is 0. The molecule has 2 aromatic rings. The molecule has 7 nitrogen and oxygen atoms in total. The van der Waals surface area contributed by atoms with Crippen LogP contribution in [0.5, 0.6) is 0 Å². The van der Waals surface area contributed by atoms with E-state index in [9.17, 15) is 9.18 Å². The molecule has 1 saturated heterocycles. The zero-order valence-electron chi connectivity index (χ0n) is 13.3. The van der Waals surface area contributed by atoms with Crippen molar-refractivity contribution in [3.63, 3.8) is 0 Å². The molecule has 0 bridgehead atoms. The van der Waals surface area contributed by atoms with E-state index in [-0.39, 0.29) is 18.6 Å². The van der Waals surface area contributed by atoms with Crippen molar-refractivity contribution in [2.24, 2.45) is 0 Å². The van der Waals surface area contributed by atoms with Gasteiger partial charge < -0.3 is 9.80 Å². The molecular weight excluding hydrogens is 311 g/mol. The van der Waals surface area contributed by atoms with Gasteiger partial charge in [0.25, 0.3) is 0 Å². The molecule has 126 valence electrons. The number of anilines is 2. The number of nitrogens with one attached hydrogen (secondary N) is 1. The highest BCUT2D eigenvalue weighted by Crippen LogP contribution is 2.25. The molecule has 0 spiro atoms. The fourth-order valence-corrected chi connectivity index (χ4v) is 2.80. The van der Waals surface area contributed by atoms with E-state index in [4.69, 9.17) is 0 Å². The van der Waals surface area contributed by atoms with Crippen molar-refractivity contribution in [3.05, 3.63) is 42.7 Å². The van der Waals surface area contributed by atoms with Crippen LogP contribution in [0, 0.1) is 0 Å². The van der Waals surface area contributed by atoms with E-state index in [0.29, 0.717) is 24.6 Å². The minimum absolute atomic E-state index is 0.142. The second-order valence-corrected chi connectivity index (χ2v) is 5.75. The summed E-state index contributed by atoms with van der Waals surface area (Å²) in [7, 11) is 1.68. The largest absolute Gasteiger partial charge is 0.347 e. The minimum Gasteiger partial charge on any atom is -0.347 e. The number of amides is 2. The normalized spacial score (nSPS) is 20.0. The average molecular weight is 330 g/mol. The van der Waals surface area contributed by atoms with Gasteiger partial charge in [0.1, 0.15) is 12.0 Å². The van der Waals surface area contributed by atoms with E-state index in [1.165, 1.54) is 4.90 Å². The van der Waals surface area contributed by atoms with Crippen LogP contribution in [0.2, 0.25) is 0 Å². The molecular formula is C16H19FN6O. The molecule has 1 fully saturated rings. The summed E-state index contributed by atoms with van der Waals surface area (Å²) in [5, 5.41) is 10.6. The number of likely N-dealkylation sites (N-methyl/N-ethyl adjacent to an activating group) is 1. The van der Waals surface area contributed by atoms with Crippen molar-refractivity contribution < 1.29 is 9.18 Å². The van der Waals surface area contributed by atoms with Gasteiger partial charge in [-0.25, -0.2) is 14.2 Å². The first-order chi connectivity index (χ1) is 11.6. The van der Waals surface area contributed by atoms with Gasteiger partial charge >= 0.3 is 6.03 Å². The van der Waals surface area contributed by atoms with Gasteiger partial charge in [0.05, 0.1) is 12.6 Å². The molecule has 0 saturated carbocycles. The number of pyridine rings is 1. The summed E-state index contributed by atoms with van der Waals surface area (Å²) in [6.45, 7) is 0.648. The SMILES string of the molecule is CN(C[C@@H]1C[C@H](F)CN1c1cccnn1)C(=O)Nc1ccccn1. The van der Waals surface area contributed by atoms with Gasteiger partial charge in [-0.1, -0.05) is 6.07 Å². The highest BCUT2D eigenvalue weighted by atomic mass is 19.1. The van der Waals surface area contributed by atoms with E-state index in [0.717, 1.165) is 0 Å². The van der Waals surface area contributed by atoms with Crippen molar-refractivity contribution in [1.82, 2.24) is 20.1 Å². The first-order valence-corrected chi connectivity index (χ1v) is 7.75. The van der Waals surface area contributed by atoms with Crippen LogP contribution in [-0.2, 0) is 0 Å². The first-order valence-electron chi connectivity index (χ1n) is 7.75. The maximum atomic E-state index is 13.9. The maximum Gasteiger partial charge on any atom is 0.322 e. The number of halogens is 1. The van der Waals surface area contributed by atoms with Gasteiger partial charge in [-0.05, 0) is 24.3 Å². The van der Waals surface area contributed by atoms with E-state index in [1.54, 1.807) is 49.8 Å². The molecule has 2 atom stereocenters. The predicted molar refractivity (Wildman–Crippen MR) is 88.6 cm³/mol. The molecule has 3 rings (SSSR count). The van der Waals surface area contributed by atoms with Gasteiger partial charge in [-0.3, -0.25) is 5.32 Å². The number of urea groups is 1. The molecule has 0 aromatic carbocycles. The fraction of sp³-hybridized carbons (Fsp3) is 0.375. The first kappa shape index (κ1) is 16.1. The van der Waals surface area contributed by atoms with Crippen molar-refractivity contribution in [3.8, 4) is 0 Å². The van der Waals surface area contributed by atoms with E-state index in [2.05, 4.69) is 20.5 Å². The molecule has 8 heteroatoms. The Morgan fingerprint density at radius 3 is 2.96 bits per heavy atom. The number of hydrogen-bond acceptors (Lipinski definition) is 5. The van der Waals surface area contributed by atoms with Crippen LogP contribution >= 0.6 is 0 Å². The number of hydrogen-bond donors (Lipinski definition) is 1. The zero-order chi connectivity index (χ0) is 16.9. The Kier molecular flexibility index (Phi) is 4.83. The van der Waals surface area contributed by atoms with Crippen LogP contribution in [0.3, 0.4) is 0 Å². The van der Waals surface area contributed by atoms with E-state index < -0.39 is 6.17 Å². The average Bonchev–Trinajstić information content (AvgIpc) is 2.97. The number of carbonyl (C=O) groups is 1. The number of rotatable bonds is 4. The quantitative estimate of drug-likeness (QED) is 0.927. The number of nitrogens with zero attached hydrogens (tertiary/aromatic N) is 5. The molecule has 3 heterocycles. The summed E-state index contributed by atoms with van der Waals surface area (Å²) in [6.07, 6.45) is 2.60. The number of alkyl halides is 1. The van der Waals surface area contributed by atoms with E-state index >= 15 is 0 Å². The molecule has 24 heavy (non-hydrogen) atoms. The third-order valence-corrected chi connectivity index (χ3v) is 3.95. The Bertz CT molecular complexity index is 671. The zero-order valence-corrected chi connectivity index (χ0v) is 13.3. The highest BCUT2D eigenvalue weighted by molar-refractivity contribution is 5.88. The van der Waals surface area contributed by atoms with Gasteiger partial charge in [0, 0.05) is 32.4 Å². The summed E-state index contributed by atoms with van der Waals surface area (Å²) in [5.74, 6) is 1.11. The lowest BCUT2D eigenvalue weighted by atomic mass is 10.2. The summed E-state index contributed by atoms with van der Waals surface area (Å²) >= 11 is 0.